The fraction of sp³-hybridized carbons (Fsp3) is 0.652. The van der Waals surface area contributed by atoms with Gasteiger partial charge in [-0.05, 0) is 45.7 Å². The molecule has 178 valence electrons. The molecule has 33 heavy (non-hydrogen) atoms. The number of hydrogen-bond acceptors (Lipinski definition) is 6. The lowest BCUT2D eigenvalue weighted by molar-refractivity contribution is -0.117. The molecule has 0 aliphatic carbocycles. The number of halogens is 2. The van der Waals surface area contributed by atoms with Gasteiger partial charge in [0.1, 0.15) is 23.8 Å². The Labute approximate surface area is 192 Å². The minimum Gasteiger partial charge on any atom is -0.356 e. The van der Waals surface area contributed by atoms with E-state index in [1.165, 1.54) is 32.3 Å². The normalized spacial score (nSPS) is 22.1. The summed E-state index contributed by atoms with van der Waals surface area (Å²) in [6, 6.07) is 0. The summed E-state index contributed by atoms with van der Waals surface area (Å²) in [5, 5.41) is 2.64. The number of nitrogens with one attached hydrogen (secondary N) is 1. The smallest absolute Gasteiger partial charge is 0.246 e. The van der Waals surface area contributed by atoms with Crippen molar-refractivity contribution in [3.05, 3.63) is 29.6 Å². The first-order chi connectivity index (χ1) is 16.0. The highest BCUT2D eigenvalue weighted by Crippen LogP contribution is 2.41. The van der Waals surface area contributed by atoms with Gasteiger partial charge in [-0.3, -0.25) is 4.79 Å². The van der Waals surface area contributed by atoms with E-state index < -0.39 is 18.3 Å². The molecule has 8 nitrogen and oxygen atoms in total. The van der Waals surface area contributed by atoms with Gasteiger partial charge in [0, 0.05) is 50.3 Å². The fourth-order valence-corrected chi connectivity index (χ4v) is 5.45. The summed E-state index contributed by atoms with van der Waals surface area (Å²) in [4.78, 5) is 29.7. The molecule has 10 heteroatoms. The molecule has 1 N–H and O–H groups in total. The molecule has 3 aliphatic rings. The standard InChI is InChI=1S/C23H31F2N7O/c1-15-13-32(11-10-30-6-2-3-7-30)22(28-15)16-4-8-31(9-5-16)23-19-17(20(24)25)12-18(33)29-21(19)26-14-27-23/h13-14,16-17,20H,2-12H2,1H3,(H,26,27,29,33)/t17-/m1/s1. The van der Waals surface area contributed by atoms with Crippen LogP contribution in [0.5, 0.6) is 0 Å². The van der Waals surface area contributed by atoms with Gasteiger partial charge in [-0.2, -0.15) is 0 Å². The van der Waals surface area contributed by atoms with E-state index in [9.17, 15) is 13.6 Å². The number of aromatic nitrogens is 4. The Morgan fingerprint density at radius 2 is 1.88 bits per heavy atom. The summed E-state index contributed by atoms with van der Waals surface area (Å²) in [5.41, 5.74) is 1.41. The van der Waals surface area contributed by atoms with E-state index in [4.69, 9.17) is 4.98 Å². The van der Waals surface area contributed by atoms with E-state index in [0.717, 1.165) is 37.4 Å². The third-order valence-electron chi connectivity index (χ3n) is 7.14. The number of amides is 1. The van der Waals surface area contributed by atoms with Crippen molar-refractivity contribution < 1.29 is 13.6 Å². The Balaban J connectivity index is 1.30. The Hall–Kier alpha value is -2.62. The Morgan fingerprint density at radius 3 is 2.61 bits per heavy atom. The molecule has 0 bridgehead atoms. The first-order valence-electron chi connectivity index (χ1n) is 11.9. The first-order valence-corrected chi connectivity index (χ1v) is 11.9. The lowest BCUT2D eigenvalue weighted by atomic mass is 9.91. The van der Waals surface area contributed by atoms with Crippen LogP contribution in [0.2, 0.25) is 0 Å². The topological polar surface area (TPSA) is 79.2 Å². The highest BCUT2D eigenvalue weighted by Gasteiger charge is 2.37. The summed E-state index contributed by atoms with van der Waals surface area (Å²) in [6.45, 7) is 7.82. The number of likely N-dealkylation sites (tertiary alicyclic amines) is 1. The van der Waals surface area contributed by atoms with Gasteiger partial charge in [0.25, 0.3) is 0 Å². The van der Waals surface area contributed by atoms with E-state index in [-0.39, 0.29) is 12.2 Å². The van der Waals surface area contributed by atoms with Gasteiger partial charge in [-0.15, -0.1) is 0 Å². The van der Waals surface area contributed by atoms with Crippen LogP contribution in [-0.4, -0.2) is 69.5 Å². The minimum atomic E-state index is -2.64. The zero-order chi connectivity index (χ0) is 22.9. The maximum absolute atomic E-state index is 13.8. The predicted molar refractivity (Wildman–Crippen MR) is 121 cm³/mol. The summed E-state index contributed by atoms with van der Waals surface area (Å²) >= 11 is 0. The fourth-order valence-electron chi connectivity index (χ4n) is 5.45. The quantitative estimate of drug-likeness (QED) is 0.715. The summed E-state index contributed by atoms with van der Waals surface area (Å²) in [7, 11) is 0. The molecule has 2 fully saturated rings. The molecule has 2 saturated heterocycles. The number of nitrogens with zero attached hydrogens (tertiary/aromatic N) is 6. The second kappa shape index (κ2) is 9.32. The zero-order valence-electron chi connectivity index (χ0n) is 19.0. The molecule has 1 atom stereocenters. The lowest BCUT2D eigenvalue weighted by Gasteiger charge is -2.36. The second-order valence-corrected chi connectivity index (χ2v) is 9.40. The molecule has 5 rings (SSSR count). The van der Waals surface area contributed by atoms with Crippen molar-refractivity contribution in [3.63, 3.8) is 0 Å². The molecule has 2 aromatic rings. The van der Waals surface area contributed by atoms with E-state index in [0.29, 0.717) is 30.4 Å². The van der Waals surface area contributed by atoms with Crippen LogP contribution in [0.25, 0.3) is 0 Å². The molecule has 0 saturated carbocycles. The van der Waals surface area contributed by atoms with Gasteiger partial charge in [0.2, 0.25) is 12.3 Å². The SMILES string of the molecule is Cc1cn(CCN2CCCC2)c(C2CCN(c3ncnc4c3[C@H](C(F)F)CC(=O)N4)CC2)n1. The molecule has 0 spiro atoms. The number of rotatable bonds is 6. The van der Waals surface area contributed by atoms with Crippen molar-refractivity contribution in [2.24, 2.45) is 0 Å². The molecule has 2 aromatic heterocycles. The largest absolute Gasteiger partial charge is 0.356 e. The van der Waals surface area contributed by atoms with E-state index >= 15 is 0 Å². The number of alkyl halides is 2. The van der Waals surface area contributed by atoms with Crippen molar-refractivity contribution in [1.82, 2.24) is 24.4 Å². The monoisotopic (exact) mass is 459 g/mol. The summed E-state index contributed by atoms with van der Waals surface area (Å²) < 4.78 is 29.8. The molecular weight excluding hydrogens is 428 g/mol. The highest BCUT2D eigenvalue weighted by atomic mass is 19.3. The Bertz CT molecular complexity index is 997. The molecular formula is C23H31F2N7O. The maximum atomic E-state index is 13.8. The van der Waals surface area contributed by atoms with Crippen LogP contribution in [0.3, 0.4) is 0 Å². The number of aryl methyl sites for hydroxylation is 1. The van der Waals surface area contributed by atoms with Crippen LogP contribution >= 0.6 is 0 Å². The molecule has 5 heterocycles. The molecule has 0 unspecified atom stereocenters. The Kier molecular flexibility index (Phi) is 6.27. The van der Waals surface area contributed by atoms with E-state index in [1.807, 2.05) is 6.92 Å². The average Bonchev–Trinajstić information content (AvgIpc) is 3.46. The van der Waals surface area contributed by atoms with Gasteiger partial charge in [0.05, 0.1) is 11.6 Å². The third kappa shape index (κ3) is 4.58. The summed E-state index contributed by atoms with van der Waals surface area (Å²) in [6.07, 6.45) is 4.96. The van der Waals surface area contributed by atoms with Crippen LogP contribution in [-0.2, 0) is 11.3 Å². The average molecular weight is 460 g/mol. The van der Waals surface area contributed by atoms with E-state index in [2.05, 4.69) is 35.8 Å². The highest BCUT2D eigenvalue weighted by molar-refractivity contribution is 5.94. The van der Waals surface area contributed by atoms with Gasteiger partial charge in [0.15, 0.2) is 0 Å². The summed E-state index contributed by atoms with van der Waals surface area (Å²) in [5.74, 6) is 0.613. The predicted octanol–water partition coefficient (Wildman–Crippen LogP) is 3.15. The number of piperidine rings is 1. The minimum absolute atomic E-state index is 0.219. The van der Waals surface area contributed by atoms with Crippen LogP contribution in [0, 0.1) is 6.92 Å². The zero-order valence-corrected chi connectivity index (χ0v) is 19.0. The lowest BCUT2D eigenvalue weighted by Crippen LogP contribution is -2.37. The molecule has 0 radical (unpaired) electrons. The van der Waals surface area contributed by atoms with Gasteiger partial charge >= 0.3 is 0 Å². The van der Waals surface area contributed by atoms with Crippen LogP contribution in [0.4, 0.5) is 20.4 Å². The van der Waals surface area contributed by atoms with Gasteiger partial charge in [-0.1, -0.05) is 0 Å². The van der Waals surface area contributed by atoms with Crippen molar-refractivity contribution in [2.75, 3.05) is 42.9 Å². The van der Waals surface area contributed by atoms with Crippen molar-refractivity contribution in [1.29, 1.82) is 0 Å². The second-order valence-electron chi connectivity index (χ2n) is 9.40. The third-order valence-corrected chi connectivity index (χ3v) is 7.14. The number of carbonyl (C=O) groups excluding carboxylic acids is 1. The number of anilines is 2. The maximum Gasteiger partial charge on any atom is 0.246 e. The number of carbonyl (C=O) groups is 1. The van der Waals surface area contributed by atoms with Crippen LogP contribution in [0.15, 0.2) is 12.5 Å². The van der Waals surface area contributed by atoms with Crippen molar-refractivity contribution in [3.8, 4) is 0 Å². The number of imidazole rings is 1. The van der Waals surface area contributed by atoms with Crippen molar-refractivity contribution in [2.45, 2.75) is 63.8 Å². The van der Waals surface area contributed by atoms with Crippen LogP contribution < -0.4 is 10.2 Å². The molecule has 1 amide bonds. The number of hydrogen-bond donors (Lipinski definition) is 1. The first kappa shape index (κ1) is 22.2. The molecule has 3 aliphatic heterocycles. The van der Waals surface area contributed by atoms with Gasteiger partial charge < -0.3 is 19.7 Å². The van der Waals surface area contributed by atoms with Crippen molar-refractivity contribution >= 4 is 17.5 Å². The Morgan fingerprint density at radius 1 is 1.12 bits per heavy atom. The van der Waals surface area contributed by atoms with Gasteiger partial charge in [-0.25, -0.2) is 23.7 Å². The number of fused-ring (bicyclic) bond motifs is 1. The van der Waals surface area contributed by atoms with Crippen LogP contribution in [0.1, 0.15) is 61.0 Å². The molecule has 0 aromatic carbocycles. The van der Waals surface area contributed by atoms with E-state index in [1.54, 1.807) is 0 Å².